The van der Waals surface area contributed by atoms with E-state index in [1.54, 1.807) is 11.8 Å². The normalized spacial score (nSPS) is 20.0. The molecule has 1 fully saturated rings. The van der Waals surface area contributed by atoms with Gasteiger partial charge in [0.1, 0.15) is 0 Å². The molecule has 0 radical (unpaired) electrons. The summed E-state index contributed by atoms with van der Waals surface area (Å²) in [5.74, 6) is -0.413. The van der Waals surface area contributed by atoms with Crippen LogP contribution in [0.5, 0.6) is 0 Å². The van der Waals surface area contributed by atoms with E-state index < -0.39 is 5.97 Å². The van der Waals surface area contributed by atoms with Crippen molar-refractivity contribution in [3.63, 3.8) is 0 Å². The van der Waals surface area contributed by atoms with Crippen LogP contribution < -0.4 is 5.32 Å². The number of hydrogen-bond acceptors (Lipinski definition) is 5. The molecule has 0 aromatic carbocycles. The molecule has 0 bridgehead atoms. The average Bonchev–Trinajstić information content (AvgIpc) is 2.99. The summed E-state index contributed by atoms with van der Waals surface area (Å²) in [7, 11) is 0. The third kappa shape index (κ3) is 4.14. The van der Waals surface area contributed by atoms with Gasteiger partial charge in [-0.1, -0.05) is 5.21 Å². The topological polar surface area (TPSA) is 124 Å². The van der Waals surface area contributed by atoms with E-state index in [0.717, 1.165) is 19.3 Å². The number of amides is 2. The number of tetrazole rings is 1. The van der Waals surface area contributed by atoms with Crippen LogP contribution in [-0.2, 0) is 4.79 Å². The average molecular weight is 296 g/mol. The monoisotopic (exact) mass is 296 g/mol. The van der Waals surface area contributed by atoms with Crippen molar-refractivity contribution in [2.75, 3.05) is 6.54 Å². The maximum absolute atomic E-state index is 12.3. The van der Waals surface area contributed by atoms with E-state index >= 15 is 0 Å². The van der Waals surface area contributed by atoms with E-state index in [-0.39, 0.29) is 24.5 Å². The maximum Gasteiger partial charge on any atom is 0.318 e. The number of likely N-dealkylation sites (tertiary alicyclic amines) is 1. The minimum Gasteiger partial charge on any atom is -0.481 e. The van der Waals surface area contributed by atoms with Gasteiger partial charge in [0.25, 0.3) is 0 Å². The Morgan fingerprint density at radius 1 is 1.52 bits per heavy atom. The maximum atomic E-state index is 12.3. The van der Waals surface area contributed by atoms with Gasteiger partial charge in [-0.25, -0.2) is 4.79 Å². The molecule has 9 nitrogen and oxygen atoms in total. The highest BCUT2D eigenvalue weighted by Crippen LogP contribution is 2.21. The molecule has 2 atom stereocenters. The smallest absolute Gasteiger partial charge is 0.318 e. The highest BCUT2D eigenvalue weighted by Gasteiger charge is 2.28. The summed E-state index contributed by atoms with van der Waals surface area (Å²) in [5, 5.41) is 25.1. The first kappa shape index (κ1) is 15.2. The van der Waals surface area contributed by atoms with Gasteiger partial charge in [-0.15, -0.1) is 10.2 Å². The van der Waals surface area contributed by atoms with E-state index in [2.05, 4.69) is 25.9 Å². The zero-order valence-corrected chi connectivity index (χ0v) is 11.9. The lowest BCUT2D eigenvalue weighted by Crippen LogP contribution is -2.49. The molecule has 2 amide bonds. The fourth-order valence-electron chi connectivity index (χ4n) is 2.54. The van der Waals surface area contributed by atoms with Crippen LogP contribution in [0.4, 0.5) is 4.79 Å². The molecular weight excluding hydrogens is 276 g/mol. The van der Waals surface area contributed by atoms with Crippen molar-refractivity contribution in [1.82, 2.24) is 30.8 Å². The second-order valence-electron chi connectivity index (χ2n) is 5.22. The van der Waals surface area contributed by atoms with Crippen molar-refractivity contribution >= 4 is 12.0 Å². The van der Waals surface area contributed by atoms with Crippen LogP contribution in [0.3, 0.4) is 0 Å². The second kappa shape index (κ2) is 7.00. The number of carbonyl (C=O) groups is 2. The number of carboxylic acids is 1. The molecule has 0 spiro atoms. The van der Waals surface area contributed by atoms with Gasteiger partial charge in [-0.3, -0.25) is 4.79 Å². The Morgan fingerprint density at radius 3 is 3.00 bits per heavy atom. The number of aromatic nitrogens is 4. The van der Waals surface area contributed by atoms with Crippen molar-refractivity contribution in [2.45, 2.75) is 51.1 Å². The van der Waals surface area contributed by atoms with E-state index in [1.165, 1.54) is 0 Å². The van der Waals surface area contributed by atoms with Gasteiger partial charge in [0.15, 0.2) is 5.82 Å². The third-order valence-electron chi connectivity index (χ3n) is 3.67. The first-order chi connectivity index (χ1) is 10.1. The first-order valence-corrected chi connectivity index (χ1v) is 7.10. The number of aromatic amines is 1. The summed E-state index contributed by atoms with van der Waals surface area (Å²) < 4.78 is 0. The number of piperidine rings is 1. The molecule has 21 heavy (non-hydrogen) atoms. The van der Waals surface area contributed by atoms with Crippen LogP contribution in [0, 0.1) is 0 Å². The van der Waals surface area contributed by atoms with Crippen LogP contribution in [0.15, 0.2) is 0 Å². The summed E-state index contributed by atoms with van der Waals surface area (Å²) >= 11 is 0. The Kier molecular flexibility index (Phi) is 5.07. The van der Waals surface area contributed by atoms with Crippen molar-refractivity contribution in [2.24, 2.45) is 0 Å². The van der Waals surface area contributed by atoms with Gasteiger partial charge in [-0.05, 0) is 32.6 Å². The Balaban J connectivity index is 1.93. The first-order valence-electron chi connectivity index (χ1n) is 7.10. The molecule has 116 valence electrons. The van der Waals surface area contributed by atoms with E-state index in [1.807, 2.05) is 0 Å². The largest absolute Gasteiger partial charge is 0.481 e. The molecule has 2 heterocycles. The van der Waals surface area contributed by atoms with E-state index in [9.17, 15) is 9.59 Å². The standard InChI is InChI=1S/C12H20N6O3/c1-8(11-14-16-17-15-11)13-12(21)18-7-3-2-4-9(18)5-6-10(19)20/h8-9H,2-7H2,1H3,(H,13,21)(H,19,20)(H,14,15,16,17). The lowest BCUT2D eigenvalue weighted by Gasteiger charge is -2.36. The Bertz CT molecular complexity index is 477. The fraction of sp³-hybridized carbons (Fsp3) is 0.750. The number of aliphatic carboxylic acids is 1. The summed E-state index contributed by atoms with van der Waals surface area (Å²) in [4.78, 5) is 24.8. The highest BCUT2D eigenvalue weighted by molar-refractivity contribution is 5.75. The number of rotatable bonds is 5. The van der Waals surface area contributed by atoms with Crippen molar-refractivity contribution in [3.8, 4) is 0 Å². The van der Waals surface area contributed by atoms with Crippen molar-refractivity contribution < 1.29 is 14.7 Å². The number of carboxylic acid groups (broad SMARTS) is 1. The molecule has 1 aliphatic heterocycles. The van der Waals surface area contributed by atoms with E-state index in [4.69, 9.17) is 5.11 Å². The van der Waals surface area contributed by atoms with Crippen LogP contribution in [0.25, 0.3) is 0 Å². The summed E-state index contributed by atoms with van der Waals surface area (Å²) in [6.07, 6.45) is 3.37. The quantitative estimate of drug-likeness (QED) is 0.734. The van der Waals surface area contributed by atoms with Gasteiger partial charge in [0.05, 0.1) is 6.04 Å². The number of H-pyrrole nitrogens is 1. The molecule has 1 aliphatic rings. The lowest BCUT2D eigenvalue weighted by molar-refractivity contribution is -0.137. The number of urea groups is 1. The molecule has 9 heteroatoms. The second-order valence-corrected chi connectivity index (χ2v) is 5.22. The van der Waals surface area contributed by atoms with Gasteiger partial charge in [0, 0.05) is 19.0 Å². The Morgan fingerprint density at radius 2 is 2.33 bits per heavy atom. The van der Waals surface area contributed by atoms with Crippen LogP contribution in [-0.4, -0.2) is 55.2 Å². The minimum atomic E-state index is -0.832. The molecule has 3 N–H and O–H groups in total. The zero-order chi connectivity index (χ0) is 15.2. The number of nitrogens with zero attached hydrogens (tertiary/aromatic N) is 4. The van der Waals surface area contributed by atoms with Crippen LogP contribution >= 0.6 is 0 Å². The van der Waals surface area contributed by atoms with Crippen LogP contribution in [0.2, 0.25) is 0 Å². The van der Waals surface area contributed by atoms with Crippen molar-refractivity contribution in [1.29, 1.82) is 0 Å². The van der Waals surface area contributed by atoms with E-state index in [0.29, 0.717) is 18.8 Å². The molecular formula is C12H20N6O3. The van der Waals surface area contributed by atoms with Gasteiger partial charge < -0.3 is 15.3 Å². The predicted molar refractivity (Wildman–Crippen MR) is 72.3 cm³/mol. The predicted octanol–water partition coefficient (Wildman–Crippen LogP) is 0.690. The van der Waals surface area contributed by atoms with Crippen LogP contribution in [0.1, 0.15) is 50.9 Å². The molecule has 1 aromatic heterocycles. The third-order valence-corrected chi connectivity index (χ3v) is 3.67. The molecule has 0 saturated carbocycles. The van der Waals surface area contributed by atoms with Crippen molar-refractivity contribution in [3.05, 3.63) is 5.82 Å². The Hall–Kier alpha value is -2.19. The molecule has 2 rings (SSSR count). The van der Waals surface area contributed by atoms with Gasteiger partial charge >= 0.3 is 12.0 Å². The molecule has 1 saturated heterocycles. The zero-order valence-electron chi connectivity index (χ0n) is 11.9. The molecule has 1 aromatic rings. The fourth-order valence-corrected chi connectivity index (χ4v) is 2.54. The lowest BCUT2D eigenvalue weighted by atomic mass is 9.98. The number of nitrogens with one attached hydrogen (secondary N) is 2. The summed E-state index contributed by atoms with van der Waals surface area (Å²) in [5.41, 5.74) is 0. The SMILES string of the molecule is CC(NC(=O)N1CCCCC1CCC(=O)O)c1nn[nH]n1. The minimum absolute atomic E-state index is 0.0210. The highest BCUT2D eigenvalue weighted by atomic mass is 16.4. The summed E-state index contributed by atoms with van der Waals surface area (Å²) in [6.45, 7) is 2.42. The number of hydrogen-bond donors (Lipinski definition) is 3. The van der Waals surface area contributed by atoms with Gasteiger partial charge in [-0.2, -0.15) is 5.21 Å². The van der Waals surface area contributed by atoms with Gasteiger partial charge in [0.2, 0.25) is 0 Å². The summed E-state index contributed by atoms with van der Waals surface area (Å²) in [6, 6.07) is -0.576. The number of carbonyl (C=O) groups excluding carboxylic acids is 1. The molecule has 2 unspecified atom stereocenters. The molecule has 0 aliphatic carbocycles. The Labute approximate surface area is 122 Å².